The Bertz CT molecular complexity index is 1460. The van der Waals surface area contributed by atoms with Crippen molar-refractivity contribution < 1.29 is 19.1 Å². The maximum atomic E-state index is 13.5. The first-order valence-electron chi connectivity index (χ1n) is 13.9. The van der Waals surface area contributed by atoms with Crippen molar-refractivity contribution in [3.8, 4) is 5.75 Å². The SMILES string of the molecule is Cc1ccc(C(NC(=O)Cc2ccc3[nH]cc(CCC(=O)OC(C)(C)C)c3c2)c2ccccc2)c(OC(C)C)c1. The summed E-state index contributed by atoms with van der Waals surface area (Å²) in [6, 6.07) is 21.7. The molecule has 3 aromatic carbocycles. The summed E-state index contributed by atoms with van der Waals surface area (Å²) in [5.74, 6) is 0.462. The van der Waals surface area contributed by atoms with Crippen LogP contribution in [0.5, 0.6) is 5.75 Å². The van der Waals surface area contributed by atoms with E-state index in [9.17, 15) is 9.59 Å². The second kappa shape index (κ2) is 12.4. The monoisotopic (exact) mass is 540 g/mol. The van der Waals surface area contributed by atoms with Crippen LogP contribution in [0.3, 0.4) is 0 Å². The van der Waals surface area contributed by atoms with Gasteiger partial charge in [-0.2, -0.15) is 0 Å². The number of rotatable bonds is 10. The van der Waals surface area contributed by atoms with Gasteiger partial charge < -0.3 is 19.8 Å². The van der Waals surface area contributed by atoms with Gasteiger partial charge in [0.15, 0.2) is 0 Å². The summed E-state index contributed by atoms with van der Waals surface area (Å²) in [7, 11) is 0. The molecule has 1 atom stereocenters. The molecular weight excluding hydrogens is 500 g/mol. The molecule has 0 spiro atoms. The summed E-state index contributed by atoms with van der Waals surface area (Å²) in [6.45, 7) is 11.6. The summed E-state index contributed by atoms with van der Waals surface area (Å²) in [5, 5.41) is 4.28. The van der Waals surface area contributed by atoms with E-state index >= 15 is 0 Å². The van der Waals surface area contributed by atoms with Gasteiger partial charge >= 0.3 is 5.97 Å². The molecule has 1 amide bonds. The molecule has 4 rings (SSSR count). The van der Waals surface area contributed by atoms with Crippen molar-refractivity contribution >= 4 is 22.8 Å². The van der Waals surface area contributed by atoms with E-state index in [0.717, 1.165) is 44.5 Å². The van der Waals surface area contributed by atoms with Crippen molar-refractivity contribution in [3.05, 3.63) is 101 Å². The van der Waals surface area contributed by atoms with E-state index in [0.29, 0.717) is 12.8 Å². The Labute approximate surface area is 237 Å². The summed E-state index contributed by atoms with van der Waals surface area (Å²) in [4.78, 5) is 29.0. The third-order valence-corrected chi connectivity index (χ3v) is 6.50. The van der Waals surface area contributed by atoms with Crippen LogP contribution in [0.4, 0.5) is 0 Å². The lowest BCUT2D eigenvalue weighted by Gasteiger charge is -2.24. The second-order valence-electron chi connectivity index (χ2n) is 11.6. The normalized spacial score (nSPS) is 12.4. The number of aryl methyl sites for hydroxylation is 2. The minimum atomic E-state index is -0.504. The number of hydrogen-bond acceptors (Lipinski definition) is 4. The molecule has 210 valence electrons. The van der Waals surface area contributed by atoms with Gasteiger partial charge in [0.1, 0.15) is 11.4 Å². The number of amides is 1. The lowest BCUT2D eigenvalue weighted by Crippen LogP contribution is -2.31. The number of benzene rings is 3. The van der Waals surface area contributed by atoms with Crippen molar-refractivity contribution in [3.63, 3.8) is 0 Å². The molecule has 0 fully saturated rings. The highest BCUT2D eigenvalue weighted by Crippen LogP contribution is 2.32. The molecule has 1 unspecified atom stereocenters. The van der Waals surface area contributed by atoms with Crippen LogP contribution in [0, 0.1) is 6.92 Å². The average molecular weight is 541 g/mol. The van der Waals surface area contributed by atoms with Crippen molar-refractivity contribution in [1.82, 2.24) is 10.3 Å². The third kappa shape index (κ3) is 7.75. The standard InChI is InChI=1S/C34H40N2O4/c1-22(2)39-30-18-23(3)12-15-27(30)33(25-10-8-7-9-11-25)36-31(37)20-24-13-16-29-28(19-24)26(21-35-29)14-17-32(38)40-34(4,5)6/h7-13,15-16,18-19,21-22,33,35H,14,17,20H2,1-6H3,(H,36,37). The zero-order valence-electron chi connectivity index (χ0n) is 24.3. The highest BCUT2D eigenvalue weighted by atomic mass is 16.6. The first-order valence-corrected chi connectivity index (χ1v) is 13.9. The second-order valence-corrected chi connectivity index (χ2v) is 11.6. The average Bonchev–Trinajstić information content (AvgIpc) is 3.28. The van der Waals surface area contributed by atoms with Gasteiger partial charge in [0.25, 0.3) is 0 Å². The van der Waals surface area contributed by atoms with E-state index in [1.807, 2.05) is 114 Å². The molecule has 0 aliphatic heterocycles. The third-order valence-electron chi connectivity index (χ3n) is 6.50. The molecule has 0 radical (unpaired) electrons. The predicted molar refractivity (Wildman–Crippen MR) is 160 cm³/mol. The molecule has 0 aliphatic rings. The number of fused-ring (bicyclic) bond motifs is 1. The van der Waals surface area contributed by atoms with E-state index in [1.54, 1.807) is 0 Å². The van der Waals surface area contributed by atoms with Crippen molar-refractivity contribution in [2.24, 2.45) is 0 Å². The Morgan fingerprint density at radius 2 is 1.73 bits per heavy atom. The van der Waals surface area contributed by atoms with E-state index in [2.05, 4.69) is 10.3 Å². The quantitative estimate of drug-likeness (QED) is 0.213. The van der Waals surface area contributed by atoms with Crippen LogP contribution in [0.25, 0.3) is 10.9 Å². The minimum Gasteiger partial charge on any atom is -0.491 e. The van der Waals surface area contributed by atoms with Gasteiger partial charge in [-0.25, -0.2) is 0 Å². The molecule has 6 nitrogen and oxygen atoms in total. The Kier molecular flexibility index (Phi) is 8.98. The minimum absolute atomic E-state index is 0.00488. The van der Waals surface area contributed by atoms with E-state index in [1.165, 1.54) is 0 Å². The van der Waals surface area contributed by atoms with Gasteiger partial charge in [-0.15, -0.1) is 0 Å². The fraction of sp³-hybridized carbons (Fsp3) is 0.353. The highest BCUT2D eigenvalue weighted by Gasteiger charge is 2.22. The van der Waals surface area contributed by atoms with E-state index < -0.39 is 5.60 Å². The van der Waals surface area contributed by atoms with E-state index in [-0.39, 0.29) is 30.4 Å². The molecule has 1 heterocycles. The number of carbonyl (C=O) groups is 2. The fourth-order valence-corrected chi connectivity index (χ4v) is 4.79. The van der Waals surface area contributed by atoms with Gasteiger partial charge in [0, 0.05) is 29.1 Å². The van der Waals surface area contributed by atoms with Crippen molar-refractivity contribution in [1.29, 1.82) is 0 Å². The fourth-order valence-electron chi connectivity index (χ4n) is 4.79. The number of aromatic amines is 1. The summed E-state index contributed by atoms with van der Waals surface area (Å²) < 4.78 is 11.6. The van der Waals surface area contributed by atoms with Crippen LogP contribution in [0.2, 0.25) is 0 Å². The summed E-state index contributed by atoms with van der Waals surface area (Å²) in [6.07, 6.45) is 3.02. The van der Waals surface area contributed by atoms with Gasteiger partial charge in [-0.05, 0) is 88.4 Å². The maximum absolute atomic E-state index is 13.5. The van der Waals surface area contributed by atoms with Gasteiger partial charge in [-0.3, -0.25) is 9.59 Å². The number of ether oxygens (including phenoxy) is 2. The van der Waals surface area contributed by atoms with Gasteiger partial charge in [0.05, 0.1) is 18.6 Å². The lowest BCUT2D eigenvalue weighted by molar-refractivity contribution is -0.154. The maximum Gasteiger partial charge on any atom is 0.306 e. The van der Waals surface area contributed by atoms with Crippen LogP contribution in [-0.4, -0.2) is 28.6 Å². The van der Waals surface area contributed by atoms with Crippen molar-refractivity contribution in [2.45, 2.75) is 78.6 Å². The smallest absolute Gasteiger partial charge is 0.306 e. The zero-order chi connectivity index (χ0) is 28.9. The van der Waals surface area contributed by atoms with Gasteiger partial charge in [0.2, 0.25) is 5.91 Å². The molecule has 1 aromatic heterocycles. The number of aromatic nitrogens is 1. The Hall–Kier alpha value is -4.06. The molecular formula is C34H40N2O4. The first kappa shape index (κ1) is 28.9. The Morgan fingerprint density at radius 1 is 0.975 bits per heavy atom. The predicted octanol–water partition coefficient (Wildman–Crippen LogP) is 6.99. The van der Waals surface area contributed by atoms with Crippen LogP contribution >= 0.6 is 0 Å². The topological polar surface area (TPSA) is 80.4 Å². The van der Waals surface area contributed by atoms with Crippen LogP contribution < -0.4 is 10.1 Å². The van der Waals surface area contributed by atoms with Crippen LogP contribution in [0.15, 0.2) is 72.9 Å². The molecule has 4 aromatic rings. The largest absolute Gasteiger partial charge is 0.491 e. The summed E-state index contributed by atoms with van der Waals surface area (Å²) >= 11 is 0. The molecule has 0 saturated carbocycles. The first-order chi connectivity index (χ1) is 19.0. The molecule has 40 heavy (non-hydrogen) atoms. The van der Waals surface area contributed by atoms with Crippen LogP contribution in [0.1, 0.15) is 74.9 Å². The van der Waals surface area contributed by atoms with Crippen molar-refractivity contribution in [2.75, 3.05) is 0 Å². The van der Waals surface area contributed by atoms with Gasteiger partial charge in [-0.1, -0.05) is 48.5 Å². The molecule has 0 aliphatic carbocycles. The molecule has 0 saturated heterocycles. The number of nitrogens with one attached hydrogen (secondary N) is 2. The lowest BCUT2D eigenvalue weighted by atomic mass is 9.96. The number of esters is 1. The highest BCUT2D eigenvalue weighted by molar-refractivity contribution is 5.86. The van der Waals surface area contributed by atoms with Crippen LogP contribution in [-0.2, 0) is 27.2 Å². The number of hydrogen-bond donors (Lipinski definition) is 2. The zero-order valence-corrected chi connectivity index (χ0v) is 24.3. The summed E-state index contributed by atoms with van der Waals surface area (Å²) in [5.41, 5.74) is 5.40. The molecule has 6 heteroatoms. The van der Waals surface area contributed by atoms with E-state index in [4.69, 9.17) is 9.47 Å². The Morgan fingerprint density at radius 3 is 2.42 bits per heavy atom. The number of H-pyrrole nitrogens is 1. The Balaban J connectivity index is 1.54. The molecule has 0 bridgehead atoms. The number of carbonyl (C=O) groups excluding carboxylic acids is 2. The molecule has 2 N–H and O–H groups in total.